The maximum absolute atomic E-state index is 12.4. The van der Waals surface area contributed by atoms with Crippen LogP contribution in [0.5, 0.6) is 0 Å². The van der Waals surface area contributed by atoms with Crippen LogP contribution in [0.1, 0.15) is 50.0 Å². The first-order valence-electron chi connectivity index (χ1n) is 7.26. The van der Waals surface area contributed by atoms with Crippen LogP contribution in [0.15, 0.2) is 24.3 Å². The van der Waals surface area contributed by atoms with Crippen LogP contribution in [0.2, 0.25) is 0 Å². The Hall–Kier alpha value is -1.39. The number of hydrogen-bond acceptors (Lipinski definition) is 3. The molecule has 1 unspecified atom stereocenters. The Morgan fingerprint density at radius 2 is 1.86 bits per heavy atom. The zero-order valence-electron chi connectivity index (χ0n) is 13.7. The van der Waals surface area contributed by atoms with Crippen LogP contribution < -0.4 is 5.32 Å². The largest absolute Gasteiger partial charge is 0.388 e. The Morgan fingerprint density at radius 1 is 1.24 bits per heavy atom. The molecule has 1 aromatic carbocycles. The van der Waals surface area contributed by atoms with Gasteiger partial charge in [0, 0.05) is 32.2 Å². The minimum atomic E-state index is -0.970. The summed E-state index contributed by atoms with van der Waals surface area (Å²) in [5, 5.41) is 13.0. The first-order chi connectivity index (χ1) is 9.67. The van der Waals surface area contributed by atoms with E-state index >= 15 is 0 Å². The molecule has 1 amide bonds. The molecule has 0 spiro atoms. The molecule has 0 fully saturated rings. The van der Waals surface area contributed by atoms with Crippen molar-refractivity contribution in [3.05, 3.63) is 35.4 Å². The number of carbonyl (C=O) groups excluding carboxylic acids is 1. The van der Waals surface area contributed by atoms with Crippen LogP contribution in [0.4, 0.5) is 0 Å². The Bertz CT molecular complexity index is 475. The molecule has 1 aromatic rings. The number of aliphatic hydroxyl groups is 1. The summed E-state index contributed by atoms with van der Waals surface area (Å²) in [5.74, 6) is -0.154. The molecule has 118 valence electrons. The second-order valence-corrected chi connectivity index (χ2v) is 6.72. The van der Waals surface area contributed by atoms with E-state index in [2.05, 4.69) is 26.1 Å². The van der Waals surface area contributed by atoms with Crippen LogP contribution in [0.25, 0.3) is 0 Å². The Labute approximate surface area is 127 Å². The summed E-state index contributed by atoms with van der Waals surface area (Å²) in [6.07, 6.45) is 0.477. The highest BCUT2D eigenvalue weighted by atomic mass is 16.5. The quantitative estimate of drug-likeness (QED) is 0.847. The number of rotatable bonds is 6. The molecule has 1 rings (SSSR count). The lowest BCUT2D eigenvalue weighted by Gasteiger charge is -2.25. The van der Waals surface area contributed by atoms with E-state index in [0.717, 1.165) is 5.56 Å². The third-order valence-electron chi connectivity index (χ3n) is 3.45. The van der Waals surface area contributed by atoms with E-state index in [-0.39, 0.29) is 17.9 Å². The Balaban J connectivity index is 2.77. The molecule has 0 aromatic heterocycles. The summed E-state index contributed by atoms with van der Waals surface area (Å²) >= 11 is 0. The molecule has 0 aliphatic heterocycles. The maximum Gasteiger partial charge on any atom is 0.251 e. The predicted molar refractivity (Wildman–Crippen MR) is 84.6 cm³/mol. The van der Waals surface area contributed by atoms with Gasteiger partial charge in [0.05, 0.1) is 5.60 Å². The number of methoxy groups -OCH3 is 1. The van der Waals surface area contributed by atoms with Gasteiger partial charge in [0.15, 0.2) is 0 Å². The highest BCUT2D eigenvalue weighted by Crippen LogP contribution is 2.25. The van der Waals surface area contributed by atoms with Crippen molar-refractivity contribution in [1.82, 2.24) is 5.32 Å². The van der Waals surface area contributed by atoms with Gasteiger partial charge in [-0.3, -0.25) is 4.79 Å². The first-order valence-corrected chi connectivity index (χ1v) is 7.26. The van der Waals surface area contributed by atoms with E-state index in [1.54, 1.807) is 14.0 Å². The van der Waals surface area contributed by atoms with Gasteiger partial charge < -0.3 is 15.2 Å². The SMILES string of the molecule is COCCC(C)(O)CNC(=O)c1ccccc1C(C)(C)C. The molecule has 0 radical (unpaired) electrons. The minimum Gasteiger partial charge on any atom is -0.388 e. The Kier molecular flexibility index (Phi) is 5.93. The van der Waals surface area contributed by atoms with Crippen LogP contribution in [0.3, 0.4) is 0 Å². The van der Waals surface area contributed by atoms with Crippen LogP contribution in [-0.4, -0.2) is 36.9 Å². The molecule has 4 heteroatoms. The smallest absolute Gasteiger partial charge is 0.251 e. The van der Waals surface area contributed by atoms with Gasteiger partial charge in [-0.1, -0.05) is 39.0 Å². The molecule has 0 saturated carbocycles. The van der Waals surface area contributed by atoms with Gasteiger partial charge >= 0.3 is 0 Å². The monoisotopic (exact) mass is 293 g/mol. The normalized spacial score (nSPS) is 14.6. The van der Waals surface area contributed by atoms with Crippen molar-refractivity contribution in [3.63, 3.8) is 0 Å². The molecular formula is C17H27NO3. The van der Waals surface area contributed by atoms with Crippen molar-refractivity contribution in [2.75, 3.05) is 20.3 Å². The molecule has 1 atom stereocenters. The number of carbonyl (C=O) groups is 1. The van der Waals surface area contributed by atoms with Crippen molar-refractivity contribution >= 4 is 5.91 Å². The van der Waals surface area contributed by atoms with E-state index in [9.17, 15) is 9.90 Å². The summed E-state index contributed by atoms with van der Waals surface area (Å²) in [7, 11) is 1.59. The van der Waals surface area contributed by atoms with Crippen molar-refractivity contribution in [2.24, 2.45) is 0 Å². The molecule has 21 heavy (non-hydrogen) atoms. The van der Waals surface area contributed by atoms with Crippen LogP contribution in [0, 0.1) is 0 Å². The maximum atomic E-state index is 12.4. The second kappa shape index (κ2) is 7.05. The van der Waals surface area contributed by atoms with Gasteiger partial charge in [0.25, 0.3) is 5.91 Å². The number of nitrogens with one attached hydrogen (secondary N) is 1. The molecule has 0 bridgehead atoms. The standard InChI is InChI=1S/C17H27NO3/c1-16(2,3)14-9-7-6-8-13(14)15(19)18-12-17(4,20)10-11-21-5/h6-9,20H,10-12H2,1-5H3,(H,18,19). The van der Waals surface area contributed by atoms with E-state index in [1.165, 1.54) is 0 Å². The lowest BCUT2D eigenvalue weighted by molar-refractivity contribution is 0.0243. The number of hydrogen-bond donors (Lipinski definition) is 2. The average molecular weight is 293 g/mol. The zero-order chi connectivity index (χ0) is 16.1. The molecule has 0 aliphatic carbocycles. The minimum absolute atomic E-state index is 0.105. The molecule has 4 nitrogen and oxygen atoms in total. The van der Waals surface area contributed by atoms with E-state index in [0.29, 0.717) is 18.6 Å². The van der Waals surface area contributed by atoms with Crippen molar-refractivity contribution in [3.8, 4) is 0 Å². The summed E-state index contributed by atoms with van der Waals surface area (Å²) in [5.41, 5.74) is 0.584. The number of ether oxygens (including phenoxy) is 1. The summed E-state index contributed by atoms with van der Waals surface area (Å²) < 4.78 is 4.96. The van der Waals surface area contributed by atoms with Crippen LogP contribution >= 0.6 is 0 Å². The Morgan fingerprint density at radius 3 is 2.43 bits per heavy atom. The second-order valence-electron chi connectivity index (χ2n) is 6.72. The van der Waals surface area contributed by atoms with Gasteiger partial charge in [0.1, 0.15) is 0 Å². The fourth-order valence-electron chi connectivity index (χ4n) is 2.11. The third-order valence-corrected chi connectivity index (χ3v) is 3.45. The predicted octanol–water partition coefficient (Wildman–Crippen LogP) is 2.50. The molecular weight excluding hydrogens is 266 g/mol. The zero-order valence-corrected chi connectivity index (χ0v) is 13.7. The third kappa shape index (κ3) is 5.48. The lowest BCUT2D eigenvalue weighted by atomic mass is 9.83. The average Bonchev–Trinajstić information content (AvgIpc) is 2.42. The fourth-order valence-corrected chi connectivity index (χ4v) is 2.11. The summed E-state index contributed by atoms with van der Waals surface area (Å²) in [4.78, 5) is 12.4. The van der Waals surface area contributed by atoms with Crippen molar-refractivity contribution in [1.29, 1.82) is 0 Å². The topological polar surface area (TPSA) is 58.6 Å². The number of benzene rings is 1. The van der Waals surface area contributed by atoms with Crippen molar-refractivity contribution < 1.29 is 14.6 Å². The number of amides is 1. The molecule has 2 N–H and O–H groups in total. The van der Waals surface area contributed by atoms with E-state index in [1.807, 2.05) is 24.3 Å². The van der Waals surface area contributed by atoms with E-state index < -0.39 is 5.60 Å². The molecule has 0 saturated heterocycles. The van der Waals surface area contributed by atoms with Gasteiger partial charge in [-0.05, 0) is 24.0 Å². The van der Waals surface area contributed by atoms with Gasteiger partial charge in [0.2, 0.25) is 0 Å². The van der Waals surface area contributed by atoms with Gasteiger partial charge in [-0.25, -0.2) is 0 Å². The summed E-state index contributed by atoms with van der Waals surface area (Å²) in [6, 6.07) is 7.58. The lowest BCUT2D eigenvalue weighted by Crippen LogP contribution is -2.41. The van der Waals surface area contributed by atoms with Crippen molar-refractivity contribution in [2.45, 2.75) is 45.1 Å². The summed E-state index contributed by atoms with van der Waals surface area (Å²) in [6.45, 7) is 8.59. The highest BCUT2D eigenvalue weighted by Gasteiger charge is 2.24. The van der Waals surface area contributed by atoms with E-state index in [4.69, 9.17) is 4.74 Å². The van der Waals surface area contributed by atoms with Gasteiger partial charge in [-0.2, -0.15) is 0 Å². The molecule has 0 aliphatic rings. The fraction of sp³-hybridized carbons (Fsp3) is 0.588. The highest BCUT2D eigenvalue weighted by molar-refractivity contribution is 5.96. The van der Waals surface area contributed by atoms with Crippen LogP contribution in [-0.2, 0) is 10.2 Å². The van der Waals surface area contributed by atoms with Gasteiger partial charge in [-0.15, -0.1) is 0 Å². The first kappa shape index (κ1) is 17.7. The molecule has 0 heterocycles.